The minimum absolute atomic E-state index is 0.503. The molecule has 1 aliphatic heterocycles. The van der Waals surface area contributed by atoms with Crippen LogP contribution in [0.3, 0.4) is 0 Å². The highest BCUT2D eigenvalue weighted by Gasteiger charge is 2.17. The molecule has 0 saturated carbocycles. The molecule has 0 unspecified atom stereocenters. The van der Waals surface area contributed by atoms with Crippen molar-refractivity contribution in [2.45, 2.75) is 33.2 Å². The first kappa shape index (κ1) is 15.8. The van der Waals surface area contributed by atoms with E-state index in [0.29, 0.717) is 12.3 Å². The van der Waals surface area contributed by atoms with Gasteiger partial charge in [0.05, 0.1) is 5.69 Å². The van der Waals surface area contributed by atoms with Crippen LogP contribution in [0.1, 0.15) is 31.0 Å². The Bertz CT molecular complexity index is 852. The SMILES string of the molecule is Cc1noc2ncnc(NCc3ccc(N4CCC(C)CC4)nc3)c12. The van der Waals surface area contributed by atoms with Gasteiger partial charge in [0.25, 0.3) is 5.71 Å². The van der Waals surface area contributed by atoms with Crippen LogP contribution in [-0.2, 0) is 6.54 Å². The zero-order chi connectivity index (χ0) is 17.2. The summed E-state index contributed by atoms with van der Waals surface area (Å²) >= 11 is 0. The standard InChI is InChI=1S/C18H22N6O/c1-12-5-7-24(8-6-12)15-4-3-14(9-19-15)10-20-17-16-13(2)23-25-18(16)22-11-21-17/h3-4,9,11-12H,5-8,10H2,1-2H3,(H,20,21,22). The summed E-state index contributed by atoms with van der Waals surface area (Å²) in [4.78, 5) is 15.4. The first-order valence-electron chi connectivity index (χ1n) is 8.71. The van der Waals surface area contributed by atoms with Gasteiger partial charge in [0, 0.05) is 25.8 Å². The third kappa shape index (κ3) is 3.26. The third-order valence-corrected chi connectivity index (χ3v) is 4.82. The molecule has 130 valence electrons. The predicted octanol–water partition coefficient (Wildman–Crippen LogP) is 3.17. The van der Waals surface area contributed by atoms with Gasteiger partial charge in [0.1, 0.15) is 23.3 Å². The van der Waals surface area contributed by atoms with E-state index in [1.165, 1.54) is 19.2 Å². The topological polar surface area (TPSA) is 80.0 Å². The predicted molar refractivity (Wildman–Crippen MR) is 96.5 cm³/mol. The summed E-state index contributed by atoms with van der Waals surface area (Å²) in [5.74, 6) is 2.62. The number of pyridine rings is 1. The van der Waals surface area contributed by atoms with E-state index < -0.39 is 0 Å². The summed E-state index contributed by atoms with van der Waals surface area (Å²) in [6.45, 7) is 7.03. The molecule has 0 atom stereocenters. The van der Waals surface area contributed by atoms with Gasteiger partial charge < -0.3 is 14.7 Å². The molecule has 3 aromatic heterocycles. The normalized spacial score (nSPS) is 15.7. The molecule has 1 aliphatic rings. The van der Waals surface area contributed by atoms with Crippen LogP contribution < -0.4 is 10.2 Å². The third-order valence-electron chi connectivity index (χ3n) is 4.82. The second kappa shape index (κ2) is 6.66. The summed E-state index contributed by atoms with van der Waals surface area (Å²) < 4.78 is 5.17. The second-order valence-electron chi connectivity index (χ2n) is 6.72. The summed E-state index contributed by atoms with van der Waals surface area (Å²) in [6, 6.07) is 4.22. The lowest BCUT2D eigenvalue weighted by Crippen LogP contribution is -2.33. The lowest BCUT2D eigenvalue weighted by atomic mass is 9.99. The fraction of sp³-hybridized carbons (Fsp3) is 0.444. The highest BCUT2D eigenvalue weighted by molar-refractivity contribution is 5.87. The fourth-order valence-electron chi connectivity index (χ4n) is 3.19. The van der Waals surface area contributed by atoms with Crippen molar-refractivity contribution in [3.05, 3.63) is 35.9 Å². The van der Waals surface area contributed by atoms with E-state index in [-0.39, 0.29) is 0 Å². The van der Waals surface area contributed by atoms with E-state index in [2.05, 4.69) is 49.4 Å². The zero-order valence-electron chi connectivity index (χ0n) is 14.6. The van der Waals surface area contributed by atoms with Crippen LogP contribution in [0.15, 0.2) is 29.2 Å². The molecule has 4 heterocycles. The second-order valence-corrected chi connectivity index (χ2v) is 6.72. The van der Waals surface area contributed by atoms with Crippen molar-refractivity contribution in [1.29, 1.82) is 0 Å². The smallest absolute Gasteiger partial charge is 0.263 e. The van der Waals surface area contributed by atoms with Gasteiger partial charge in [-0.25, -0.2) is 9.97 Å². The Morgan fingerprint density at radius 1 is 1.20 bits per heavy atom. The van der Waals surface area contributed by atoms with Crippen LogP contribution in [0.4, 0.5) is 11.6 Å². The molecule has 0 aliphatic carbocycles. The number of nitrogens with one attached hydrogen (secondary N) is 1. The number of hydrogen-bond donors (Lipinski definition) is 1. The molecular weight excluding hydrogens is 316 g/mol. The average Bonchev–Trinajstić information content (AvgIpc) is 3.03. The van der Waals surface area contributed by atoms with Gasteiger partial charge in [0.2, 0.25) is 0 Å². The molecule has 0 amide bonds. The lowest BCUT2D eigenvalue weighted by Gasteiger charge is -2.31. The number of hydrogen-bond acceptors (Lipinski definition) is 7. The van der Waals surface area contributed by atoms with E-state index in [9.17, 15) is 0 Å². The first-order chi connectivity index (χ1) is 12.2. The lowest BCUT2D eigenvalue weighted by molar-refractivity contribution is 0.436. The van der Waals surface area contributed by atoms with Crippen LogP contribution >= 0.6 is 0 Å². The highest BCUT2D eigenvalue weighted by atomic mass is 16.5. The molecule has 1 fully saturated rings. The summed E-state index contributed by atoms with van der Waals surface area (Å²) in [5, 5.41) is 8.10. The molecule has 0 aromatic carbocycles. The minimum Gasteiger partial charge on any atom is -0.365 e. The van der Waals surface area contributed by atoms with Crippen molar-refractivity contribution in [1.82, 2.24) is 20.1 Å². The van der Waals surface area contributed by atoms with Crippen LogP contribution in [0.5, 0.6) is 0 Å². The summed E-state index contributed by atoms with van der Waals surface area (Å²) in [5.41, 5.74) is 2.39. The van der Waals surface area contributed by atoms with Crippen molar-refractivity contribution >= 4 is 22.7 Å². The number of nitrogens with zero attached hydrogens (tertiary/aromatic N) is 5. The molecule has 1 saturated heterocycles. The van der Waals surface area contributed by atoms with Crippen molar-refractivity contribution in [2.75, 3.05) is 23.3 Å². The highest BCUT2D eigenvalue weighted by Crippen LogP contribution is 2.24. The largest absolute Gasteiger partial charge is 0.365 e. The number of piperidine rings is 1. The number of anilines is 2. The van der Waals surface area contributed by atoms with Crippen LogP contribution in [0, 0.1) is 12.8 Å². The molecule has 4 rings (SSSR count). The minimum atomic E-state index is 0.503. The van der Waals surface area contributed by atoms with Crippen molar-refractivity contribution < 1.29 is 4.52 Å². The van der Waals surface area contributed by atoms with Crippen LogP contribution in [0.25, 0.3) is 11.1 Å². The average molecular weight is 338 g/mol. The molecule has 25 heavy (non-hydrogen) atoms. The maximum atomic E-state index is 5.17. The van der Waals surface area contributed by atoms with Gasteiger partial charge in [0.15, 0.2) is 0 Å². The summed E-state index contributed by atoms with van der Waals surface area (Å²) in [6.07, 6.45) is 5.90. The van der Waals surface area contributed by atoms with Gasteiger partial charge in [-0.2, -0.15) is 4.98 Å². The van der Waals surface area contributed by atoms with E-state index in [1.54, 1.807) is 0 Å². The molecule has 0 radical (unpaired) electrons. The molecule has 0 spiro atoms. The van der Waals surface area contributed by atoms with E-state index in [4.69, 9.17) is 4.52 Å². The van der Waals surface area contributed by atoms with Gasteiger partial charge in [-0.1, -0.05) is 18.1 Å². The van der Waals surface area contributed by atoms with Crippen LogP contribution in [-0.4, -0.2) is 33.2 Å². The van der Waals surface area contributed by atoms with Crippen molar-refractivity contribution in [2.24, 2.45) is 5.92 Å². The number of rotatable bonds is 4. The molecular formula is C18H22N6O. The van der Waals surface area contributed by atoms with Crippen LogP contribution in [0.2, 0.25) is 0 Å². The van der Waals surface area contributed by atoms with Crippen molar-refractivity contribution in [3.63, 3.8) is 0 Å². The number of aromatic nitrogens is 4. The molecule has 0 bridgehead atoms. The molecule has 7 nitrogen and oxygen atoms in total. The Hall–Kier alpha value is -2.70. The van der Waals surface area contributed by atoms with Gasteiger partial charge in [-0.05, 0) is 37.3 Å². The van der Waals surface area contributed by atoms with Crippen molar-refractivity contribution in [3.8, 4) is 0 Å². The Morgan fingerprint density at radius 2 is 2.04 bits per heavy atom. The van der Waals surface area contributed by atoms with Gasteiger partial charge >= 0.3 is 0 Å². The fourth-order valence-corrected chi connectivity index (χ4v) is 3.19. The van der Waals surface area contributed by atoms with E-state index >= 15 is 0 Å². The Kier molecular flexibility index (Phi) is 4.21. The Labute approximate surface area is 146 Å². The summed E-state index contributed by atoms with van der Waals surface area (Å²) in [7, 11) is 0. The molecule has 3 aromatic rings. The van der Waals surface area contributed by atoms with E-state index in [0.717, 1.165) is 47.3 Å². The number of aryl methyl sites for hydroxylation is 1. The maximum absolute atomic E-state index is 5.17. The molecule has 1 N–H and O–H groups in total. The maximum Gasteiger partial charge on any atom is 0.263 e. The van der Waals surface area contributed by atoms with E-state index in [1.807, 2.05) is 13.1 Å². The molecule has 7 heteroatoms. The Balaban J connectivity index is 1.44. The van der Waals surface area contributed by atoms with Gasteiger partial charge in [-0.15, -0.1) is 0 Å². The quantitative estimate of drug-likeness (QED) is 0.782. The monoisotopic (exact) mass is 338 g/mol. The number of fused-ring (bicyclic) bond motifs is 1. The first-order valence-corrected chi connectivity index (χ1v) is 8.71. The zero-order valence-corrected chi connectivity index (χ0v) is 14.6. The van der Waals surface area contributed by atoms with Gasteiger partial charge in [-0.3, -0.25) is 0 Å². The Morgan fingerprint density at radius 3 is 2.80 bits per heavy atom.